The number of carbonyl (C=O) groups is 2. The van der Waals surface area contributed by atoms with E-state index in [4.69, 9.17) is 4.74 Å². The van der Waals surface area contributed by atoms with Crippen LogP contribution in [0, 0.1) is 0 Å². The highest BCUT2D eigenvalue weighted by Crippen LogP contribution is 2.20. The van der Waals surface area contributed by atoms with Crippen molar-refractivity contribution in [2.24, 2.45) is 0 Å². The minimum Gasteiger partial charge on any atom is -0.479 e. The van der Waals surface area contributed by atoms with Crippen molar-refractivity contribution in [3.05, 3.63) is 35.9 Å². The van der Waals surface area contributed by atoms with E-state index < -0.39 is 18.0 Å². The lowest BCUT2D eigenvalue weighted by atomic mass is 9.93. The molecule has 0 spiro atoms. The van der Waals surface area contributed by atoms with Crippen LogP contribution >= 0.6 is 0 Å². The van der Waals surface area contributed by atoms with E-state index in [9.17, 15) is 14.7 Å². The second kappa shape index (κ2) is 6.58. The molecule has 0 unspecified atom stereocenters. The minimum absolute atomic E-state index is 0.359. The van der Waals surface area contributed by atoms with Crippen LogP contribution < -0.4 is 10.6 Å². The third kappa shape index (κ3) is 4.19. The van der Waals surface area contributed by atoms with Crippen molar-refractivity contribution in [1.29, 1.82) is 0 Å². The normalized spacial score (nSPS) is 18.5. The number of benzene rings is 1. The van der Waals surface area contributed by atoms with Gasteiger partial charge in [0.05, 0.1) is 0 Å². The van der Waals surface area contributed by atoms with Gasteiger partial charge in [-0.15, -0.1) is 0 Å². The van der Waals surface area contributed by atoms with Crippen molar-refractivity contribution in [1.82, 2.24) is 10.6 Å². The Labute approximate surface area is 123 Å². The summed E-state index contributed by atoms with van der Waals surface area (Å²) in [5.41, 5.74) is 0.180. The first-order valence-electron chi connectivity index (χ1n) is 6.94. The zero-order valence-corrected chi connectivity index (χ0v) is 12.0. The number of rotatable bonds is 4. The molecule has 0 saturated carbocycles. The van der Waals surface area contributed by atoms with Crippen LogP contribution in [0.3, 0.4) is 0 Å². The molecule has 6 nitrogen and oxygen atoms in total. The Kier molecular flexibility index (Phi) is 4.80. The van der Waals surface area contributed by atoms with Crippen LogP contribution in [0.25, 0.3) is 0 Å². The van der Waals surface area contributed by atoms with Gasteiger partial charge in [-0.3, -0.25) is 0 Å². The number of carboxylic acid groups (broad SMARTS) is 1. The second-order valence-electron chi connectivity index (χ2n) is 5.45. The van der Waals surface area contributed by atoms with E-state index in [0.29, 0.717) is 31.6 Å². The van der Waals surface area contributed by atoms with Crippen molar-refractivity contribution in [3.8, 4) is 0 Å². The van der Waals surface area contributed by atoms with Gasteiger partial charge in [-0.25, -0.2) is 9.59 Å². The molecule has 1 saturated heterocycles. The molecule has 1 atom stereocenters. The molecule has 6 heteroatoms. The number of carboxylic acids is 1. The number of ether oxygens (including phenoxy) is 1. The smallest absolute Gasteiger partial charge is 0.330 e. The van der Waals surface area contributed by atoms with E-state index >= 15 is 0 Å². The number of hydrogen-bond acceptors (Lipinski definition) is 3. The van der Waals surface area contributed by atoms with Gasteiger partial charge in [0.25, 0.3) is 0 Å². The number of nitrogens with one attached hydrogen (secondary N) is 2. The van der Waals surface area contributed by atoms with Crippen LogP contribution in [-0.2, 0) is 9.53 Å². The largest absolute Gasteiger partial charge is 0.479 e. The van der Waals surface area contributed by atoms with Crippen LogP contribution in [0.2, 0.25) is 0 Å². The summed E-state index contributed by atoms with van der Waals surface area (Å²) in [7, 11) is 0. The molecule has 1 fully saturated rings. The number of hydrogen-bond donors (Lipinski definition) is 3. The summed E-state index contributed by atoms with van der Waals surface area (Å²) in [6.07, 6.45) is 1.42. The van der Waals surface area contributed by atoms with Gasteiger partial charge in [-0.2, -0.15) is 0 Å². The summed E-state index contributed by atoms with van der Waals surface area (Å²) in [5.74, 6) is -1.09. The Morgan fingerprint density at radius 1 is 1.24 bits per heavy atom. The van der Waals surface area contributed by atoms with Crippen LogP contribution in [0.5, 0.6) is 0 Å². The van der Waals surface area contributed by atoms with Gasteiger partial charge in [0.15, 0.2) is 6.04 Å². The predicted molar refractivity (Wildman–Crippen MR) is 76.9 cm³/mol. The highest BCUT2D eigenvalue weighted by molar-refractivity contribution is 5.84. The number of amides is 2. The summed E-state index contributed by atoms with van der Waals surface area (Å²) in [6, 6.07) is 7.09. The molecule has 1 aliphatic rings. The van der Waals surface area contributed by atoms with Crippen molar-refractivity contribution in [3.63, 3.8) is 0 Å². The Hall–Kier alpha value is -2.08. The van der Waals surface area contributed by atoms with Gasteiger partial charge in [-0.1, -0.05) is 30.3 Å². The van der Waals surface area contributed by atoms with Crippen LogP contribution in [-0.4, -0.2) is 35.9 Å². The lowest BCUT2D eigenvalue weighted by Gasteiger charge is -2.34. The molecule has 114 valence electrons. The molecule has 21 heavy (non-hydrogen) atoms. The number of aliphatic carboxylic acids is 1. The average Bonchev–Trinajstić information content (AvgIpc) is 2.45. The molecule has 1 aromatic carbocycles. The Morgan fingerprint density at radius 3 is 2.43 bits per heavy atom. The molecule has 0 radical (unpaired) electrons. The first kappa shape index (κ1) is 15.3. The zero-order valence-electron chi connectivity index (χ0n) is 12.0. The fraction of sp³-hybridized carbons (Fsp3) is 0.467. The molecule has 0 bridgehead atoms. The molecule has 1 heterocycles. The first-order chi connectivity index (χ1) is 10.0. The molecule has 0 aromatic heterocycles. The van der Waals surface area contributed by atoms with Crippen molar-refractivity contribution in [2.45, 2.75) is 31.3 Å². The van der Waals surface area contributed by atoms with Crippen LogP contribution in [0.4, 0.5) is 4.79 Å². The summed E-state index contributed by atoms with van der Waals surface area (Å²) in [5, 5.41) is 14.7. The Balaban J connectivity index is 2.00. The maximum absolute atomic E-state index is 12.1. The summed E-state index contributed by atoms with van der Waals surface area (Å²) in [4.78, 5) is 23.4. The number of urea groups is 1. The average molecular weight is 292 g/mol. The summed E-state index contributed by atoms with van der Waals surface area (Å²) >= 11 is 0. The minimum atomic E-state index is -1.09. The maximum Gasteiger partial charge on any atom is 0.330 e. The van der Waals surface area contributed by atoms with Crippen molar-refractivity contribution < 1.29 is 19.4 Å². The predicted octanol–water partition coefficient (Wildman–Crippen LogP) is 1.68. The molecule has 3 N–H and O–H groups in total. The van der Waals surface area contributed by atoms with E-state index in [1.165, 1.54) is 0 Å². The molecule has 1 aromatic rings. The summed E-state index contributed by atoms with van der Waals surface area (Å²) in [6.45, 7) is 3.13. The highest BCUT2D eigenvalue weighted by Gasteiger charge is 2.30. The number of carbonyl (C=O) groups excluding carboxylic acids is 1. The third-order valence-electron chi connectivity index (χ3n) is 3.67. The van der Waals surface area contributed by atoms with Crippen LogP contribution in [0.15, 0.2) is 30.3 Å². The molecule has 2 amide bonds. The Bertz CT molecular complexity index is 498. The van der Waals surface area contributed by atoms with Crippen molar-refractivity contribution >= 4 is 12.0 Å². The van der Waals surface area contributed by atoms with Gasteiger partial charge in [0.1, 0.15) is 0 Å². The van der Waals surface area contributed by atoms with Gasteiger partial charge in [-0.05, 0) is 25.3 Å². The first-order valence-corrected chi connectivity index (χ1v) is 6.94. The quantitative estimate of drug-likeness (QED) is 0.788. The molecular formula is C15H20N2O4. The monoisotopic (exact) mass is 292 g/mol. The maximum atomic E-state index is 12.1. The SMILES string of the molecule is CC1(NC(=O)N[C@H](C(=O)O)c2ccccc2)CCOCC1. The van der Waals surface area contributed by atoms with Gasteiger partial charge < -0.3 is 20.5 Å². The molecular weight excluding hydrogens is 272 g/mol. The zero-order chi connectivity index (χ0) is 15.3. The fourth-order valence-corrected chi connectivity index (χ4v) is 2.32. The van der Waals surface area contributed by atoms with E-state index in [1.54, 1.807) is 30.3 Å². The third-order valence-corrected chi connectivity index (χ3v) is 3.67. The fourth-order valence-electron chi connectivity index (χ4n) is 2.32. The van der Waals surface area contributed by atoms with E-state index in [1.807, 2.05) is 6.92 Å². The van der Waals surface area contributed by atoms with Crippen molar-refractivity contribution in [2.75, 3.05) is 13.2 Å². The van der Waals surface area contributed by atoms with E-state index in [-0.39, 0.29) is 5.54 Å². The standard InChI is InChI=1S/C15H20N2O4/c1-15(7-9-21-10-8-15)17-14(20)16-12(13(18)19)11-5-3-2-4-6-11/h2-6,12H,7-10H2,1H3,(H,18,19)(H2,16,17,20)/t12-/m0/s1. The molecule has 1 aliphatic heterocycles. The second-order valence-corrected chi connectivity index (χ2v) is 5.45. The van der Waals surface area contributed by atoms with Crippen LogP contribution in [0.1, 0.15) is 31.4 Å². The van der Waals surface area contributed by atoms with Gasteiger partial charge >= 0.3 is 12.0 Å². The van der Waals surface area contributed by atoms with Gasteiger partial charge in [0, 0.05) is 18.8 Å². The van der Waals surface area contributed by atoms with E-state index in [2.05, 4.69) is 10.6 Å². The highest BCUT2D eigenvalue weighted by atomic mass is 16.5. The molecule has 2 rings (SSSR count). The van der Waals surface area contributed by atoms with Gasteiger partial charge in [0.2, 0.25) is 0 Å². The lowest BCUT2D eigenvalue weighted by Crippen LogP contribution is -2.54. The summed E-state index contributed by atoms with van der Waals surface area (Å²) < 4.78 is 5.27. The lowest BCUT2D eigenvalue weighted by molar-refractivity contribution is -0.139. The Morgan fingerprint density at radius 2 is 1.86 bits per heavy atom. The molecule has 0 aliphatic carbocycles. The van der Waals surface area contributed by atoms with E-state index in [0.717, 1.165) is 0 Å². The topological polar surface area (TPSA) is 87.7 Å².